The van der Waals surface area contributed by atoms with E-state index in [0.717, 1.165) is 55.3 Å². The van der Waals surface area contributed by atoms with E-state index in [1.54, 1.807) is 35.5 Å². The van der Waals surface area contributed by atoms with Crippen LogP contribution in [0.3, 0.4) is 0 Å². The second-order valence-electron chi connectivity index (χ2n) is 10.1. The van der Waals surface area contributed by atoms with Crippen LogP contribution in [0.4, 0.5) is 5.82 Å². The summed E-state index contributed by atoms with van der Waals surface area (Å²) in [7, 11) is 3.40. The smallest absolute Gasteiger partial charge is 0.209 e. The molecule has 244 valence electrons. The lowest BCUT2D eigenvalue weighted by molar-refractivity contribution is -0.119. The van der Waals surface area contributed by atoms with E-state index in [9.17, 15) is 9.90 Å². The standard InChI is InChI=1S/C15H20N4S2.C13H28N2O3.C4H8/c1-10-5-6-14(17-7-10)18-9-20-8-13(16-4)15-11(2)19-12(3)21-15;1-5-7-12(14(3)11-16)8-15(6-2)9-13(17)10-18-4;1-3-4-2/h5-8,12,19H,4,9H2,1-3H3,(H,17,18);11-13,17H,5-10H2,1-4H3;3-4H,1-2H3/b13-8-;;/t;12-,13?;/m.1./s1. The lowest BCUT2D eigenvalue weighted by Crippen LogP contribution is -2.44. The van der Waals surface area contributed by atoms with Gasteiger partial charge in [-0.1, -0.05) is 50.2 Å². The van der Waals surface area contributed by atoms with Gasteiger partial charge in [-0.25, -0.2) is 4.98 Å². The molecule has 1 aromatic heterocycles. The van der Waals surface area contributed by atoms with Crippen molar-refractivity contribution in [2.24, 2.45) is 4.99 Å². The van der Waals surface area contributed by atoms with Crippen LogP contribution in [0, 0.1) is 6.92 Å². The van der Waals surface area contributed by atoms with Crippen LogP contribution in [0.1, 0.15) is 59.9 Å². The Morgan fingerprint density at radius 2 is 2.00 bits per heavy atom. The molecule has 2 rings (SSSR count). The first-order valence-corrected chi connectivity index (χ1v) is 16.8. The minimum atomic E-state index is -0.473. The number of thioether (sulfide) groups is 2. The van der Waals surface area contributed by atoms with Crippen molar-refractivity contribution in [3.05, 3.63) is 57.8 Å². The highest BCUT2D eigenvalue weighted by atomic mass is 32.2. The monoisotopic (exact) mass is 636 g/mol. The summed E-state index contributed by atoms with van der Waals surface area (Å²) in [5, 5.41) is 18.8. The van der Waals surface area contributed by atoms with Crippen LogP contribution < -0.4 is 10.6 Å². The first-order valence-electron chi connectivity index (χ1n) is 14.8. The van der Waals surface area contributed by atoms with E-state index in [1.807, 2.05) is 63.7 Å². The number of carbonyl (C=O) groups is 1. The Hall–Kier alpha value is -2.31. The summed E-state index contributed by atoms with van der Waals surface area (Å²) in [4.78, 5) is 24.4. The predicted octanol–water partition coefficient (Wildman–Crippen LogP) is 6.10. The number of rotatable bonds is 17. The number of nitrogens with one attached hydrogen (secondary N) is 2. The number of aromatic nitrogens is 1. The van der Waals surface area contributed by atoms with Gasteiger partial charge in [-0.15, -0.1) is 11.8 Å². The number of pyridine rings is 1. The second kappa shape index (κ2) is 25.1. The molecule has 1 aliphatic heterocycles. The van der Waals surface area contributed by atoms with Gasteiger partial charge in [0, 0.05) is 45.2 Å². The zero-order chi connectivity index (χ0) is 32.6. The molecule has 3 N–H and O–H groups in total. The van der Waals surface area contributed by atoms with Crippen LogP contribution in [-0.2, 0) is 9.53 Å². The maximum absolute atomic E-state index is 10.9. The quantitative estimate of drug-likeness (QED) is 0.0615. The predicted molar refractivity (Wildman–Crippen MR) is 189 cm³/mol. The lowest BCUT2D eigenvalue weighted by atomic mass is 10.1. The number of aliphatic hydroxyl groups excluding tert-OH is 1. The third-order valence-electron chi connectivity index (χ3n) is 6.34. The summed E-state index contributed by atoms with van der Waals surface area (Å²) in [5.74, 6) is 1.63. The zero-order valence-electron chi connectivity index (χ0n) is 27.8. The molecule has 0 aliphatic carbocycles. The molecular weight excluding hydrogens is 581 g/mol. The fourth-order valence-corrected chi connectivity index (χ4v) is 5.71. The van der Waals surface area contributed by atoms with Gasteiger partial charge in [0.1, 0.15) is 5.82 Å². The summed E-state index contributed by atoms with van der Waals surface area (Å²) in [6, 6.07) is 4.24. The van der Waals surface area contributed by atoms with Gasteiger partial charge in [0.05, 0.1) is 34.6 Å². The molecule has 2 unspecified atom stereocenters. The van der Waals surface area contributed by atoms with E-state index in [1.165, 1.54) is 10.6 Å². The topological polar surface area (TPSA) is 102 Å². The Morgan fingerprint density at radius 1 is 1.30 bits per heavy atom. The Labute approximate surface area is 269 Å². The van der Waals surface area contributed by atoms with Crippen LogP contribution >= 0.6 is 23.5 Å². The van der Waals surface area contributed by atoms with Crippen LogP contribution in [0.2, 0.25) is 0 Å². The summed E-state index contributed by atoms with van der Waals surface area (Å²) in [6.07, 6.45) is 8.28. The van der Waals surface area contributed by atoms with Crippen molar-refractivity contribution < 1.29 is 14.6 Å². The molecule has 43 heavy (non-hydrogen) atoms. The number of methoxy groups -OCH3 is 1. The fourth-order valence-electron chi connectivity index (χ4n) is 3.91. The van der Waals surface area contributed by atoms with Gasteiger partial charge in [0.25, 0.3) is 0 Å². The van der Waals surface area contributed by atoms with Gasteiger partial charge >= 0.3 is 0 Å². The number of amides is 1. The van der Waals surface area contributed by atoms with Crippen molar-refractivity contribution in [1.82, 2.24) is 20.1 Å². The molecule has 11 heteroatoms. The molecule has 0 radical (unpaired) electrons. The fraction of sp³-hybridized carbons (Fsp3) is 0.594. The second-order valence-corrected chi connectivity index (χ2v) is 12.3. The van der Waals surface area contributed by atoms with Gasteiger partial charge in [-0.05, 0) is 71.3 Å². The van der Waals surface area contributed by atoms with Crippen LogP contribution in [0.5, 0.6) is 0 Å². The van der Waals surface area contributed by atoms with Crippen LogP contribution in [0.15, 0.2) is 57.2 Å². The van der Waals surface area contributed by atoms with Gasteiger partial charge in [0.2, 0.25) is 6.41 Å². The maximum Gasteiger partial charge on any atom is 0.209 e. The first-order chi connectivity index (χ1) is 20.6. The molecule has 3 atom stereocenters. The maximum atomic E-state index is 10.9. The number of nitrogens with zero attached hydrogens (tertiary/aromatic N) is 4. The van der Waals surface area contributed by atoms with E-state index in [-0.39, 0.29) is 6.04 Å². The third-order valence-corrected chi connectivity index (χ3v) is 8.27. The minimum absolute atomic E-state index is 0.210. The molecule has 1 aliphatic rings. The number of aryl methyl sites for hydroxylation is 1. The number of hydrogen-bond acceptors (Lipinski definition) is 10. The van der Waals surface area contributed by atoms with Crippen LogP contribution in [0.25, 0.3) is 0 Å². The summed E-state index contributed by atoms with van der Waals surface area (Å²) >= 11 is 3.44. The highest BCUT2D eigenvalue weighted by Gasteiger charge is 2.20. The number of anilines is 1. The molecule has 0 spiro atoms. The SMILES string of the molecule is C=N/C(=C\SCNc1ccc(C)cn1)C1=C(C)NC(C)S1.CC=CC.CCC[C@H](CN(CC)CC(O)COC)N(C)C=O. The number of aliphatic imine (C=N–C) groups is 1. The number of likely N-dealkylation sites (N-methyl/N-ethyl adjacent to an activating group) is 2. The van der Waals surface area contributed by atoms with Gasteiger partial charge in [0.15, 0.2) is 0 Å². The summed E-state index contributed by atoms with van der Waals surface area (Å²) in [5.41, 5.74) is 3.26. The number of aliphatic hydroxyl groups is 1. The van der Waals surface area contributed by atoms with Crippen molar-refractivity contribution in [3.63, 3.8) is 0 Å². The zero-order valence-corrected chi connectivity index (χ0v) is 29.4. The highest BCUT2D eigenvalue weighted by Crippen LogP contribution is 2.36. The Bertz CT molecular complexity index is 984. The average Bonchev–Trinajstić information content (AvgIpc) is 3.34. The summed E-state index contributed by atoms with van der Waals surface area (Å²) in [6.45, 7) is 20.7. The molecule has 1 aromatic rings. The van der Waals surface area contributed by atoms with Crippen molar-refractivity contribution >= 4 is 42.5 Å². The molecule has 2 heterocycles. The Kier molecular flexibility index (Phi) is 23.7. The molecule has 0 saturated heterocycles. The number of carbonyl (C=O) groups excluding carboxylic acids is 1. The Morgan fingerprint density at radius 3 is 2.47 bits per heavy atom. The van der Waals surface area contributed by atoms with E-state index in [2.05, 4.69) is 59.9 Å². The van der Waals surface area contributed by atoms with Crippen molar-refractivity contribution in [3.8, 4) is 0 Å². The largest absolute Gasteiger partial charge is 0.389 e. The average molecular weight is 637 g/mol. The third kappa shape index (κ3) is 18.2. The van der Waals surface area contributed by atoms with Gasteiger partial charge < -0.3 is 25.4 Å². The van der Waals surface area contributed by atoms with Crippen molar-refractivity contribution in [2.75, 3.05) is 51.6 Å². The van der Waals surface area contributed by atoms with Crippen molar-refractivity contribution in [2.45, 2.75) is 78.8 Å². The van der Waals surface area contributed by atoms with Crippen LogP contribution in [-0.4, -0.2) is 96.8 Å². The Balaban J connectivity index is 0.000000738. The normalized spacial score (nSPS) is 16.1. The van der Waals surface area contributed by atoms with Crippen molar-refractivity contribution in [1.29, 1.82) is 0 Å². The molecular formula is C32H56N6O3S2. The van der Waals surface area contributed by atoms with E-state index < -0.39 is 6.10 Å². The molecule has 0 aromatic carbocycles. The van der Waals surface area contributed by atoms with Gasteiger partial charge in [-0.3, -0.25) is 14.7 Å². The number of allylic oxidation sites excluding steroid dienone is 3. The summed E-state index contributed by atoms with van der Waals surface area (Å²) < 4.78 is 4.93. The molecule has 9 nitrogen and oxygen atoms in total. The van der Waals surface area contributed by atoms with E-state index >= 15 is 0 Å². The van der Waals surface area contributed by atoms with E-state index in [4.69, 9.17) is 4.74 Å². The lowest BCUT2D eigenvalue weighted by Gasteiger charge is -2.31. The number of ether oxygens (including phenoxy) is 1. The minimum Gasteiger partial charge on any atom is -0.389 e. The molecule has 0 bridgehead atoms. The highest BCUT2D eigenvalue weighted by molar-refractivity contribution is 8.04. The first kappa shape index (κ1) is 40.7. The molecule has 0 fully saturated rings. The van der Waals surface area contributed by atoms with Gasteiger partial charge in [-0.2, -0.15) is 0 Å². The molecule has 0 saturated carbocycles. The van der Waals surface area contributed by atoms with E-state index in [0.29, 0.717) is 18.5 Å². The number of hydrogen-bond donors (Lipinski definition) is 3. The molecule has 1 amide bonds.